The summed E-state index contributed by atoms with van der Waals surface area (Å²) in [6, 6.07) is 13.9. The molecule has 0 spiro atoms. The van der Waals surface area contributed by atoms with Crippen LogP contribution in [0.2, 0.25) is 0 Å². The molecule has 0 unspecified atom stereocenters. The number of carbonyl (C=O) groups excluding carboxylic acids is 1. The average Bonchev–Trinajstić information content (AvgIpc) is 3.10. The first-order valence-corrected chi connectivity index (χ1v) is 10.8. The summed E-state index contributed by atoms with van der Waals surface area (Å²) in [5.74, 6) is -0.336. The van der Waals surface area contributed by atoms with Crippen LogP contribution < -0.4 is 5.32 Å². The molecule has 1 aromatic heterocycles. The number of aryl methyl sites for hydroxylation is 3. The maximum absolute atomic E-state index is 12.5. The van der Waals surface area contributed by atoms with E-state index in [1.165, 1.54) is 11.3 Å². The molecule has 8 heteroatoms. The molecule has 0 aliphatic carbocycles. The number of anilines is 1. The molecule has 0 aliphatic rings. The van der Waals surface area contributed by atoms with E-state index >= 15 is 0 Å². The molecule has 6 nitrogen and oxygen atoms in total. The van der Waals surface area contributed by atoms with Crippen LogP contribution in [0.15, 0.2) is 53.4 Å². The van der Waals surface area contributed by atoms with Crippen LogP contribution in [0, 0.1) is 13.8 Å². The molecule has 27 heavy (non-hydrogen) atoms. The van der Waals surface area contributed by atoms with Crippen molar-refractivity contribution in [2.24, 2.45) is 0 Å². The number of nitrogens with one attached hydrogen (secondary N) is 1. The van der Waals surface area contributed by atoms with Gasteiger partial charge < -0.3 is 0 Å². The molecule has 0 saturated carbocycles. The van der Waals surface area contributed by atoms with Gasteiger partial charge in [0.25, 0.3) is 5.91 Å². The zero-order valence-electron chi connectivity index (χ0n) is 15.0. The minimum Gasteiger partial charge on any atom is -0.296 e. The molecule has 0 aliphatic heterocycles. The van der Waals surface area contributed by atoms with Crippen LogP contribution in [0.1, 0.15) is 26.5 Å². The van der Waals surface area contributed by atoms with Crippen molar-refractivity contribution in [2.75, 3.05) is 11.1 Å². The Kier molecular flexibility index (Phi) is 5.67. The van der Waals surface area contributed by atoms with E-state index in [0.29, 0.717) is 20.6 Å². The molecule has 1 amide bonds. The van der Waals surface area contributed by atoms with Gasteiger partial charge in [-0.3, -0.25) is 10.1 Å². The predicted octanol–water partition coefficient (Wildman–Crippen LogP) is 3.42. The molecule has 0 atom stereocenters. The predicted molar refractivity (Wildman–Crippen MR) is 106 cm³/mol. The average molecular weight is 402 g/mol. The molecular weight excluding hydrogens is 382 g/mol. The molecule has 2 aromatic carbocycles. The molecular formula is C19H19N3O3S2. The third kappa shape index (κ3) is 4.78. The Morgan fingerprint density at radius 1 is 1.04 bits per heavy atom. The minimum atomic E-state index is -3.40. The lowest BCUT2D eigenvalue weighted by Gasteiger charge is -2.06. The Morgan fingerprint density at radius 2 is 1.78 bits per heavy atom. The smallest absolute Gasteiger partial charge is 0.257 e. The SMILES string of the molecule is Cc1ccc(S(=O)(=O)CCc2nnc(NC(=O)c3ccccc3)s2)cc1C. The van der Waals surface area contributed by atoms with Gasteiger partial charge in [-0.15, -0.1) is 10.2 Å². The van der Waals surface area contributed by atoms with Gasteiger partial charge in [0, 0.05) is 12.0 Å². The van der Waals surface area contributed by atoms with Crippen molar-refractivity contribution in [2.45, 2.75) is 25.2 Å². The summed E-state index contributed by atoms with van der Waals surface area (Å²) >= 11 is 1.18. The zero-order chi connectivity index (χ0) is 19.4. The van der Waals surface area contributed by atoms with Gasteiger partial charge in [-0.2, -0.15) is 0 Å². The van der Waals surface area contributed by atoms with Crippen molar-refractivity contribution < 1.29 is 13.2 Å². The lowest BCUT2D eigenvalue weighted by atomic mass is 10.1. The number of hydrogen-bond donors (Lipinski definition) is 1. The Hall–Kier alpha value is -2.58. The molecule has 0 radical (unpaired) electrons. The lowest BCUT2D eigenvalue weighted by molar-refractivity contribution is 0.102. The highest BCUT2D eigenvalue weighted by Gasteiger charge is 2.17. The van der Waals surface area contributed by atoms with Crippen molar-refractivity contribution >= 4 is 32.2 Å². The molecule has 1 N–H and O–H groups in total. The van der Waals surface area contributed by atoms with Crippen molar-refractivity contribution in [1.29, 1.82) is 0 Å². The summed E-state index contributed by atoms with van der Waals surface area (Å²) in [5, 5.41) is 11.5. The van der Waals surface area contributed by atoms with E-state index in [0.717, 1.165) is 11.1 Å². The fourth-order valence-corrected chi connectivity index (χ4v) is 4.60. The normalized spacial score (nSPS) is 11.3. The number of aromatic nitrogens is 2. The van der Waals surface area contributed by atoms with Gasteiger partial charge in [0.15, 0.2) is 9.84 Å². The standard InChI is InChI=1S/C19H19N3O3S2/c1-13-8-9-16(12-14(13)2)27(24,25)11-10-17-21-22-19(26-17)20-18(23)15-6-4-3-5-7-15/h3-9,12H,10-11H2,1-2H3,(H,20,22,23). The highest BCUT2D eigenvalue weighted by molar-refractivity contribution is 7.91. The maximum Gasteiger partial charge on any atom is 0.257 e. The van der Waals surface area contributed by atoms with Gasteiger partial charge >= 0.3 is 0 Å². The Labute approximate surface area is 162 Å². The van der Waals surface area contributed by atoms with Crippen molar-refractivity contribution in [3.05, 3.63) is 70.2 Å². The van der Waals surface area contributed by atoms with E-state index < -0.39 is 9.84 Å². The summed E-state index contributed by atoms with van der Waals surface area (Å²) < 4.78 is 25.1. The highest BCUT2D eigenvalue weighted by atomic mass is 32.2. The number of nitrogens with zero attached hydrogens (tertiary/aromatic N) is 2. The van der Waals surface area contributed by atoms with Gasteiger partial charge in [-0.1, -0.05) is 35.6 Å². The van der Waals surface area contributed by atoms with Gasteiger partial charge in [0.2, 0.25) is 5.13 Å². The molecule has 3 aromatic rings. The van der Waals surface area contributed by atoms with Crippen LogP contribution in [-0.4, -0.2) is 30.3 Å². The van der Waals surface area contributed by atoms with Crippen LogP contribution in [0.3, 0.4) is 0 Å². The minimum absolute atomic E-state index is 0.0588. The quantitative estimate of drug-likeness (QED) is 0.684. The Balaban J connectivity index is 1.64. The van der Waals surface area contributed by atoms with Crippen LogP contribution in [0.25, 0.3) is 0 Å². The van der Waals surface area contributed by atoms with E-state index in [1.54, 1.807) is 36.4 Å². The maximum atomic E-state index is 12.5. The van der Waals surface area contributed by atoms with E-state index in [9.17, 15) is 13.2 Å². The number of hydrogen-bond acceptors (Lipinski definition) is 6. The van der Waals surface area contributed by atoms with Crippen LogP contribution >= 0.6 is 11.3 Å². The summed E-state index contributed by atoms with van der Waals surface area (Å²) in [4.78, 5) is 12.4. The summed E-state index contributed by atoms with van der Waals surface area (Å²) in [7, 11) is -3.40. The lowest BCUT2D eigenvalue weighted by Crippen LogP contribution is -2.11. The van der Waals surface area contributed by atoms with Gasteiger partial charge in [0.1, 0.15) is 5.01 Å². The fourth-order valence-electron chi connectivity index (χ4n) is 2.41. The van der Waals surface area contributed by atoms with Crippen LogP contribution in [-0.2, 0) is 16.3 Å². The fraction of sp³-hybridized carbons (Fsp3) is 0.211. The number of rotatable bonds is 6. The molecule has 0 fully saturated rings. The Morgan fingerprint density at radius 3 is 2.48 bits per heavy atom. The third-order valence-electron chi connectivity index (χ3n) is 4.15. The molecule has 3 rings (SSSR count). The monoisotopic (exact) mass is 401 g/mol. The first-order valence-electron chi connectivity index (χ1n) is 8.34. The van der Waals surface area contributed by atoms with E-state index in [2.05, 4.69) is 15.5 Å². The molecule has 1 heterocycles. The van der Waals surface area contributed by atoms with Crippen molar-refractivity contribution in [3.63, 3.8) is 0 Å². The summed E-state index contributed by atoms with van der Waals surface area (Å²) in [6.45, 7) is 3.83. The summed E-state index contributed by atoms with van der Waals surface area (Å²) in [6.07, 6.45) is 0.244. The van der Waals surface area contributed by atoms with Crippen molar-refractivity contribution in [3.8, 4) is 0 Å². The van der Waals surface area contributed by atoms with E-state index in [4.69, 9.17) is 0 Å². The molecule has 0 bridgehead atoms. The first-order chi connectivity index (χ1) is 12.8. The molecule has 0 saturated heterocycles. The number of amides is 1. The second-order valence-corrected chi connectivity index (χ2v) is 9.31. The number of carbonyl (C=O) groups is 1. The largest absolute Gasteiger partial charge is 0.296 e. The summed E-state index contributed by atoms with van der Waals surface area (Å²) in [5.41, 5.74) is 2.52. The van der Waals surface area contributed by atoms with Gasteiger partial charge in [-0.05, 0) is 49.2 Å². The highest BCUT2D eigenvalue weighted by Crippen LogP contribution is 2.20. The molecule has 140 valence electrons. The van der Waals surface area contributed by atoms with E-state index in [1.807, 2.05) is 26.0 Å². The van der Waals surface area contributed by atoms with Crippen LogP contribution in [0.5, 0.6) is 0 Å². The topological polar surface area (TPSA) is 89.0 Å². The zero-order valence-corrected chi connectivity index (χ0v) is 16.6. The third-order valence-corrected chi connectivity index (χ3v) is 6.76. The number of sulfone groups is 1. The first kappa shape index (κ1) is 19.2. The Bertz CT molecular complexity index is 1060. The van der Waals surface area contributed by atoms with Crippen LogP contribution in [0.4, 0.5) is 5.13 Å². The number of benzene rings is 2. The second kappa shape index (κ2) is 7.98. The van der Waals surface area contributed by atoms with E-state index in [-0.39, 0.29) is 18.1 Å². The van der Waals surface area contributed by atoms with Gasteiger partial charge in [-0.25, -0.2) is 8.42 Å². The second-order valence-electron chi connectivity index (χ2n) is 6.14. The van der Waals surface area contributed by atoms with Gasteiger partial charge in [0.05, 0.1) is 10.6 Å². The van der Waals surface area contributed by atoms with Crippen molar-refractivity contribution in [1.82, 2.24) is 10.2 Å².